The van der Waals surface area contributed by atoms with Crippen molar-refractivity contribution in [1.82, 2.24) is 0 Å². The molecule has 0 aromatic heterocycles. The lowest BCUT2D eigenvalue weighted by atomic mass is 10.1. The number of esters is 1. The largest absolute Gasteiger partial charge is 0.462 e. The standard InChI is InChI=1S/C10H10N2O6/c1-3-18-10(13)7-4-6(2)8(11(14)15)5-9(7)12(16)17/h4-5H,3H2,1-2H3. The highest BCUT2D eigenvalue weighted by Gasteiger charge is 2.27. The molecule has 0 amide bonds. The van der Waals surface area contributed by atoms with Crippen molar-refractivity contribution >= 4 is 17.3 Å². The summed E-state index contributed by atoms with van der Waals surface area (Å²) < 4.78 is 4.66. The summed E-state index contributed by atoms with van der Waals surface area (Å²) in [4.78, 5) is 31.4. The Bertz CT molecular complexity index is 525. The van der Waals surface area contributed by atoms with Gasteiger partial charge >= 0.3 is 5.97 Å². The van der Waals surface area contributed by atoms with E-state index in [-0.39, 0.29) is 17.7 Å². The summed E-state index contributed by atoms with van der Waals surface area (Å²) in [6, 6.07) is 1.86. The van der Waals surface area contributed by atoms with E-state index in [1.165, 1.54) is 6.92 Å². The van der Waals surface area contributed by atoms with Gasteiger partial charge in [-0.1, -0.05) is 0 Å². The summed E-state index contributed by atoms with van der Waals surface area (Å²) in [5.41, 5.74) is -1.17. The number of nitrogens with zero attached hydrogens (tertiary/aromatic N) is 2. The van der Waals surface area contributed by atoms with E-state index < -0.39 is 27.2 Å². The van der Waals surface area contributed by atoms with Crippen LogP contribution in [0.25, 0.3) is 0 Å². The fourth-order valence-electron chi connectivity index (χ4n) is 1.41. The van der Waals surface area contributed by atoms with Gasteiger partial charge in [0.15, 0.2) is 0 Å². The SMILES string of the molecule is CCOC(=O)c1cc(C)c([N+](=O)[O-])cc1[N+](=O)[O-]. The van der Waals surface area contributed by atoms with Crippen LogP contribution >= 0.6 is 0 Å². The molecule has 0 N–H and O–H groups in total. The van der Waals surface area contributed by atoms with Gasteiger partial charge in [0.1, 0.15) is 5.56 Å². The second kappa shape index (κ2) is 5.21. The first kappa shape index (κ1) is 13.6. The summed E-state index contributed by atoms with van der Waals surface area (Å²) in [5.74, 6) is -0.873. The third-order valence-corrected chi connectivity index (χ3v) is 2.20. The Morgan fingerprint density at radius 3 is 2.22 bits per heavy atom. The highest BCUT2D eigenvalue weighted by Crippen LogP contribution is 2.28. The van der Waals surface area contributed by atoms with Gasteiger partial charge in [0.05, 0.1) is 22.5 Å². The van der Waals surface area contributed by atoms with Crippen molar-refractivity contribution in [3.05, 3.63) is 43.5 Å². The normalized spacial score (nSPS) is 9.89. The molecule has 0 unspecified atom stereocenters. The summed E-state index contributed by atoms with van der Waals surface area (Å²) in [6.07, 6.45) is 0. The first-order valence-corrected chi connectivity index (χ1v) is 4.99. The lowest BCUT2D eigenvalue weighted by Gasteiger charge is -2.04. The smallest absolute Gasteiger partial charge is 0.345 e. The van der Waals surface area contributed by atoms with Gasteiger partial charge in [-0.05, 0) is 19.9 Å². The number of nitro benzene ring substituents is 2. The summed E-state index contributed by atoms with van der Waals surface area (Å²) in [7, 11) is 0. The molecule has 0 bridgehead atoms. The van der Waals surface area contributed by atoms with Gasteiger partial charge in [0.25, 0.3) is 11.4 Å². The molecule has 0 atom stereocenters. The maximum Gasteiger partial charge on any atom is 0.345 e. The average Bonchev–Trinajstić information content (AvgIpc) is 2.27. The molecule has 0 spiro atoms. The Kier molecular flexibility index (Phi) is 3.93. The number of hydrogen-bond donors (Lipinski definition) is 0. The van der Waals surface area contributed by atoms with Gasteiger partial charge in [-0.15, -0.1) is 0 Å². The average molecular weight is 254 g/mol. The molecule has 0 heterocycles. The van der Waals surface area contributed by atoms with Crippen molar-refractivity contribution in [2.75, 3.05) is 6.61 Å². The van der Waals surface area contributed by atoms with Crippen molar-refractivity contribution in [2.45, 2.75) is 13.8 Å². The van der Waals surface area contributed by atoms with E-state index >= 15 is 0 Å². The van der Waals surface area contributed by atoms with Crippen molar-refractivity contribution in [1.29, 1.82) is 0 Å². The van der Waals surface area contributed by atoms with E-state index in [2.05, 4.69) is 4.74 Å². The van der Waals surface area contributed by atoms with Gasteiger partial charge in [-0.25, -0.2) is 4.79 Å². The molecule has 1 rings (SSSR count). The third-order valence-electron chi connectivity index (χ3n) is 2.20. The Balaban J connectivity index is 3.43. The number of benzene rings is 1. The van der Waals surface area contributed by atoms with E-state index in [4.69, 9.17) is 0 Å². The number of nitro groups is 2. The minimum atomic E-state index is -0.873. The predicted octanol–water partition coefficient (Wildman–Crippen LogP) is 1.99. The fourth-order valence-corrected chi connectivity index (χ4v) is 1.41. The summed E-state index contributed by atoms with van der Waals surface area (Å²) >= 11 is 0. The maximum atomic E-state index is 11.5. The maximum absolute atomic E-state index is 11.5. The van der Waals surface area contributed by atoms with Crippen LogP contribution in [0.15, 0.2) is 12.1 Å². The van der Waals surface area contributed by atoms with Gasteiger partial charge < -0.3 is 4.74 Å². The summed E-state index contributed by atoms with van der Waals surface area (Å²) in [6.45, 7) is 3.01. The van der Waals surface area contributed by atoms with E-state index in [1.54, 1.807) is 6.92 Å². The summed E-state index contributed by atoms with van der Waals surface area (Å²) in [5, 5.41) is 21.5. The van der Waals surface area contributed by atoms with Crippen molar-refractivity contribution < 1.29 is 19.4 Å². The van der Waals surface area contributed by atoms with Crippen LogP contribution in [-0.2, 0) is 4.74 Å². The Labute approximate surface area is 101 Å². The molecule has 0 saturated heterocycles. The van der Waals surface area contributed by atoms with Crippen LogP contribution in [-0.4, -0.2) is 22.4 Å². The first-order valence-electron chi connectivity index (χ1n) is 4.99. The fraction of sp³-hybridized carbons (Fsp3) is 0.300. The van der Waals surface area contributed by atoms with Crippen LogP contribution in [0.1, 0.15) is 22.8 Å². The number of hydrogen-bond acceptors (Lipinski definition) is 6. The zero-order chi connectivity index (χ0) is 13.9. The zero-order valence-electron chi connectivity index (χ0n) is 9.71. The Hall–Kier alpha value is -2.51. The monoisotopic (exact) mass is 254 g/mol. The first-order chi connectivity index (χ1) is 8.38. The molecule has 0 aliphatic carbocycles. The second-order valence-corrected chi connectivity index (χ2v) is 3.39. The quantitative estimate of drug-likeness (QED) is 0.461. The van der Waals surface area contributed by atoms with Crippen LogP contribution < -0.4 is 0 Å². The number of ether oxygens (including phenoxy) is 1. The predicted molar refractivity (Wildman–Crippen MR) is 60.4 cm³/mol. The second-order valence-electron chi connectivity index (χ2n) is 3.39. The van der Waals surface area contributed by atoms with Crippen LogP contribution in [0, 0.1) is 27.2 Å². The van der Waals surface area contributed by atoms with E-state index in [0.29, 0.717) is 0 Å². The van der Waals surface area contributed by atoms with Crippen molar-refractivity contribution in [3.8, 4) is 0 Å². The molecule has 1 aromatic rings. The molecule has 18 heavy (non-hydrogen) atoms. The lowest BCUT2D eigenvalue weighted by molar-refractivity contribution is -0.394. The number of carbonyl (C=O) groups is 1. The van der Waals surface area contributed by atoms with Crippen LogP contribution in [0.5, 0.6) is 0 Å². The van der Waals surface area contributed by atoms with Gasteiger partial charge in [-0.2, -0.15) is 0 Å². The van der Waals surface area contributed by atoms with Gasteiger partial charge in [0.2, 0.25) is 0 Å². The van der Waals surface area contributed by atoms with Crippen LogP contribution in [0.3, 0.4) is 0 Å². The van der Waals surface area contributed by atoms with Crippen LogP contribution in [0.4, 0.5) is 11.4 Å². The molecule has 0 radical (unpaired) electrons. The third kappa shape index (κ3) is 2.59. The highest BCUT2D eigenvalue weighted by atomic mass is 16.6. The van der Waals surface area contributed by atoms with Gasteiger partial charge in [0, 0.05) is 5.56 Å². The topological polar surface area (TPSA) is 113 Å². The molecule has 8 nitrogen and oxygen atoms in total. The molecule has 0 fully saturated rings. The van der Waals surface area contributed by atoms with Gasteiger partial charge in [-0.3, -0.25) is 20.2 Å². The van der Waals surface area contributed by atoms with Crippen molar-refractivity contribution in [2.24, 2.45) is 0 Å². The zero-order valence-corrected chi connectivity index (χ0v) is 9.71. The molecule has 0 aliphatic heterocycles. The molecule has 8 heteroatoms. The molecular weight excluding hydrogens is 244 g/mol. The number of rotatable bonds is 4. The highest BCUT2D eigenvalue weighted by molar-refractivity contribution is 5.94. The molecule has 96 valence electrons. The van der Waals surface area contributed by atoms with Crippen molar-refractivity contribution in [3.63, 3.8) is 0 Å². The Morgan fingerprint density at radius 1 is 1.22 bits per heavy atom. The van der Waals surface area contributed by atoms with Crippen LogP contribution in [0.2, 0.25) is 0 Å². The minimum Gasteiger partial charge on any atom is -0.462 e. The minimum absolute atomic E-state index is 0.0615. The number of carbonyl (C=O) groups excluding carboxylic acids is 1. The molecular formula is C10H10N2O6. The lowest BCUT2D eigenvalue weighted by Crippen LogP contribution is -2.09. The van der Waals surface area contributed by atoms with E-state index in [1.807, 2.05) is 0 Å². The Morgan fingerprint density at radius 2 is 1.78 bits per heavy atom. The van der Waals surface area contributed by atoms with E-state index in [9.17, 15) is 25.0 Å². The number of aryl methyl sites for hydroxylation is 1. The molecule has 0 saturated carbocycles. The molecule has 1 aromatic carbocycles. The molecule has 0 aliphatic rings. The van der Waals surface area contributed by atoms with E-state index in [0.717, 1.165) is 12.1 Å².